The highest BCUT2D eigenvalue weighted by Crippen LogP contribution is 2.21. The van der Waals surface area contributed by atoms with Crippen molar-refractivity contribution in [1.82, 2.24) is 4.98 Å². The highest BCUT2D eigenvalue weighted by molar-refractivity contribution is 7.15. The predicted octanol–water partition coefficient (Wildman–Crippen LogP) is 2.65. The molecule has 11 heavy (non-hydrogen) atoms. The molecule has 0 amide bonds. The zero-order chi connectivity index (χ0) is 8.43. The molecule has 0 saturated heterocycles. The summed E-state index contributed by atoms with van der Waals surface area (Å²) in [5.74, 6) is 0.366. The number of thiazole rings is 1. The molecule has 0 aliphatic rings. The molecule has 1 aromatic rings. The summed E-state index contributed by atoms with van der Waals surface area (Å²) >= 11 is 6.61. The van der Waals surface area contributed by atoms with Crippen LogP contribution in [0.1, 0.15) is 34.4 Å². The van der Waals surface area contributed by atoms with Crippen molar-refractivity contribution in [2.75, 3.05) is 0 Å². The first-order chi connectivity index (χ1) is 5.11. The third-order valence-corrected chi connectivity index (χ3v) is 2.82. The van der Waals surface area contributed by atoms with Crippen LogP contribution in [0.3, 0.4) is 0 Å². The molecule has 1 aromatic heterocycles. The van der Waals surface area contributed by atoms with E-state index in [0.717, 1.165) is 5.01 Å². The Bertz CT molecular complexity index is 269. The van der Waals surface area contributed by atoms with Gasteiger partial charge >= 0.3 is 0 Å². The van der Waals surface area contributed by atoms with E-state index in [9.17, 15) is 4.79 Å². The van der Waals surface area contributed by atoms with E-state index in [-0.39, 0.29) is 0 Å². The van der Waals surface area contributed by atoms with Gasteiger partial charge in [0.2, 0.25) is 0 Å². The lowest BCUT2D eigenvalue weighted by Crippen LogP contribution is -1.82. The number of halogens is 1. The maximum absolute atomic E-state index is 10.6. The molecule has 1 rings (SSSR count). The molecular weight excluding hydrogens is 182 g/mol. The van der Waals surface area contributed by atoms with Gasteiger partial charge in [-0.2, -0.15) is 0 Å². The summed E-state index contributed by atoms with van der Waals surface area (Å²) < 4.78 is 0. The minimum atomic E-state index is -0.422. The van der Waals surface area contributed by atoms with Crippen molar-refractivity contribution in [3.05, 3.63) is 16.1 Å². The summed E-state index contributed by atoms with van der Waals surface area (Å²) in [7, 11) is 0. The summed E-state index contributed by atoms with van der Waals surface area (Å²) in [5, 5.41) is 0.531. The molecule has 0 radical (unpaired) electrons. The maximum Gasteiger partial charge on any atom is 0.264 e. The Hall–Kier alpha value is -0.410. The Morgan fingerprint density at radius 2 is 2.36 bits per heavy atom. The van der Waals surface area contributed by atoms with Gasteiger partial charge in [0.15, 0.2) is 0 Å². The first-order valence-electron chi connectivity index (χ1n) is 3.27. The molecule has 4 heteroatoms. The summed E-state index contributed by atoms with van der Waals surface area (Å²) in [4.78, 5) is 15.2. The molecule has 0 aromatic carbocycles. The number of rotatable bonds is 2. The van der Waals surface area contributed by atoms with Crippen LogP contribution in [0.2, 0.25) is 0 Å². The van der Waals surface area contributed by atoms with E-state index in [4.69, 9.17) is 11.6 Å². The normalized spacial score (nSPS) is 10.5. The Labute approximate surface area is 74.2 Å². The molecule has 60 valence electrons. The molecule has 0 bridgehead atoms. The molecule has 1 heterocycles. The van der Waals surface area contributed by atoms with E-state index in [1.54, 1.807) is 0 Å². The topological polar surface area (TPSA) is 30.0 Å². The van der Waals surface area contributed by atoms with E-state index in [1.165, 1.54) is 17.5 Å². The van der Waals surface area contributed by atoms with Crippen LogP contribution in [-0.4, -0.2) is 10.2 Å². The quantitative estimate of drug-likeness (QED) is 0.670. The third-order valence-electron chi connectivity index (χ3n) is 1.21. The lowest BCUT2D eigenvalue weighted by atomic mass is 10.2. The van der Waals surface area contributed by atoms with E-state index < -0.39 is 5.24 Å². The fourth-order valence-electron chi connectivity index (χ4n) is 0.645. The number of nitrogens with zero attached hydrogens (tertiary/aromatic N) is 1. The first kappa shape index (κ1) is 8.68. The lowest BCUT2D eigenvalue weighted by Gasteiger charge is -1.94. The number of hydrogen-bond donors (Lipinski definition) is 0. The highest BCUT2D eigenvalue weighted by Gasteiger charge is 2.09. The monoisotopic (exact) mass is 189 g/mol. The number of carbonyl (C=O) groups excluding carboxylic acids is 1. The van der Waals surface area contributed by atoms with Gasteiger partial charge in [-0.25, -0.2) is 4.98 Å². The Morgan fingerprint density at radius 3 is 2.64 bits per heavy atom. The van der Waals surface area contributed by atoms with Gasteiger partial charge in [-0.1, -0.05) is 13.8 Å². The van der Waals surface area contributed by atoms with Gasteiger partial charge in [0.1, 0.15) is 4.88 Å². The lowest BCUT2D eigenvalue weighted by molar-refractivity contribution is 0.108. The number of carbonyl (C=O) groups is 1. The predicted molar refractivity (Wildman–Crippen MR) is 46.4 cm³/mol. The Kier molecular flexibility index (Phi) is 2.62. The van der Waals surface area contributed by atoms with E-state index in [0.29, 0.717) is 10.8 Å². The number of aromatic nitrogens is 1. The van der Waals surface area contributed by atoms with Crippen molar-refractivity contribution < 1.29 is 4.79 Å². The second kappa shape index (κ2) is 3.32. The second-order valence-electron chi connectivity index (χ2n) is 2.49. The molecule has 0 N–H and O–H groups in total. The molecule has 0 spiro atoms. The van der Waals surface area contributed by atoms with E-state index in [2.05, 4.69) is 4.98 Å². The molecule has 0 aliphatic heterocycles. The van der Waals surface area contributed by atoms with Gasteiger partial charge in [-0.3, -0.25) is 4.79 Å². The van der Waals surface area contributed by atoms with Gasteiger partial charge in [-0.15, -0.1) is 11.3 Å². The largest absolute Gasteiger partial charge is 0.275 e. The summed E-state index contributed by atoms with van der Waals surface area (Å²) in [6, 6.07) is 0. The minimum absolute atomic E-state index is 0.366. The van der Waals surface area contributed by atoms with Crippen molar-refractivity contribution in [3.8, 4) is 0 Å². The SMILES string of the molecule is CC(C)c1ncc(C(=O)Cl)s1. The van der Waals surface area contributed by atoms with Gasteiger partial charge in [0.05, 0.1) is 11.2 Å². The second-order valence-corrected chi connectivity index (χ2v) is 3.90. The van der Waals surface area contributed by atoms with E-state index >= 15 is 0 Å². The van der Waals surface area contributed by atoms with Crippen molar-refractivity contribution >= 4 is 28.2 Å². The minimum Gasteiger partial charge on any atom is -0.275 e. The Morgan fingerprint density at radius 1 is 1.73 bits per heavy atom. The maximum atomic E-state index is 10.6. The van der Waals surface area contributed by atoms with Crippen LogP contribution in [0.4, 0.5) is 0 Å². The zero-order valence-corrected chi connectivity index (χ0v) is 7.87. The third kappa shape index (κ3) is 2.01. The fraction of sp³-hybridized carbons (Fsp3) is 0.429. The van der Waals surface area contributed by atoms with Crippen molar-refractivity contribution in [2.24, 2.45) is 0 Å². The number of hydrogen-bond acceptors (Lipinski definition) is 3. The van der Waals surface area contributed by atoms with Crippen molar-refractivity contribution in [1.29, 1.82) is 0 Å². The zero-order valence-electron chi connectivity index (χ0n) is 6.30. The van der Waals surface area contributed by atoms with E-state index in [1.807, 2.05) is 13.8 Å². The molecule has 0 saturated carbocycles. The fourth-order valence-corrected chi connectivity index (χ4v) is 1.56. The first-order valence-corrected chi connectivity index (χ1v) is 4.46. The molecule has 2 nitrogen and oxygen atoms in total. The van der Waals surface area contributed by atoms with Crippen LogP contribution in [0, 0.1) is 0 Å². The average Bonchev–Trinajstić information content (AvgIpc) is 2.33. The van der Waals surface area contributed by atoms with Crippen molar-refractivity contribution in [2.45, 2.75) is 19.8 Å². The van der Waals surface area contributed by atoms with Crippen LogP contribution in [0.25, 0.3) is 0 Å². The molecule has 0 aliphatic carbocycles. The van der Waals surface area contributed by atoms with Crippen LogP contribution >= 0.6 is 22.9 Å². The summed E-state index contributed by atoms with van der Waals surface area (Å²) in [6.07, 6.45) is 1.52. The van der Waals surface area contributed by atoms with Crippen molar-refractivity contribution in [3.63, 3.8) is 0 Å². The van der Waals surface area contributed by atoms with Crippen LogP contribution in [0.15, 0.2) is 6.20 Å². The summed E-state index contributed by atoms with van der Waals surface area (Å²) in [5.41, 5.74) is 0. The standard InChI is InChI=1S/C7H8ClNOS/c1-4(2)7-9-3-5(11-7)6(8)10/h3-4H,1-2H3. The summed E-state index contributed by atoms with van der Waals surface area (Å²) in [6.45, 7) is 4.06. The van der Waals surface area contributed by atoms with Crippen LogP contribution in [-0.2, 0) is 0 Å². The van der Waals surface area contributed by atoms with Gasteiger partial charge in [0.25, 0.3) is 5.24 Å². The van der Waals surface area contributed by atoms with Gasteiger partial charge in [-0.05, 0) is 11.6 Å². The molecule has 0 fully saturated rings. The molecule has 0 unspecified atom stereocenters. The van der Waals surface area contributed by atoms with Crippen LogP contribution in [0.5, 0.6) is 0 Å². The average molecular weight is 190 g/mol. The molecular formula is C7H8ClNOS. The van der Waals surface area contributed by atoms with Crippen LogP contribution < -0.4 is 0 Å². The highest BCUT2D eigenvalue weighted by atomic mass is 35.5. The molecule has 0 atom stereocenters. The Balaban J connectivity index is 2.90. The van der Waals surface area contributed by atoms with Gasteiger partial charge in [0, 0.05) is 5.92 Å². The van der Waals surface area contributed by atoms with Gasteiger partial charge < -0.3 is 0 Å². The smallest absolute Gasteiger partial charge is 0.264 e.